The number of carbonyl (C=O) groups excluding carboxylic acids is 1. The first-order chi connectivity index (χ1) is 18.2. The van der Waals surface area contributed by atoms with Gasteiger partial charge in [0.2, 0.25) is 0 Å². The number of nitrogens with zero attached hydrogens (tertiary/aromatic N) is 5. The minimum absolute atomic E-state index is 0.0124. The molecule has 4 aromatic rings. The zero-order valence-corrected chi connectivity index (χ0v) is 20.2. The molecule has 1 N–H and O–H groups in total. The Kier molecular flexibility index (Phi) is 7.34. The zero-order chi connectivity index (χ0) is 25.5. The van der Waals surface area contributed by atoms with Gasteiger partial charge >= 0.3 is 0 Å². The van der Waals surface area contributed by atoms with E-state index in [4.69, 9.17) is 9.84 Å². The maximum atomic E-state index is 13.0. The first kappa shape index (κ1) is 24.0. The Labute approximate surface area is 215 Å². The molecule has 0 spiro atoms. The summed E-state index contributed by atoms with van der Waals surface area (Å²) in [6, 6.07) is 23.4. The van der Waals surface area contributed by atoms with E-state index < -0.39 is 5.91 Å². The van der Waals surface area contributed by atoms with Crippen LogP contribution >= 0.6 is 0 Å². The highest BCUT2D eigenvalue weighted by atomic mass is 16.5. The van der Waals surface area contributed by atoms with Crippen LogP contribution in [0.15, 0.2) is 90.9 Å². The maximum absolute atomic E-state index is 13.0. The summed E-state index contributed by atoms with van der Waals surface area (Å²) in [7, 11) is 0. The van der Waals surface area contributed by atoms with E-state index >= 15 is 0 Å². The molecule has 8 nitrogen and oxygen atoms in total. The SMILES string of the molecule is N#C/C(=C\c1cn(Cc2ccccc2)nc1-c1cccnc1)C(=O)Nc1ccc(N2CCOCC2)cc1. The molecule has 0 atom stereocenters. The summed E-state index contributed by atoms with van der Waals surface area (Å²) >= 11 is 0. The summed E-state index contributed by atoms with van der Waals surface area (Å²) in [5, 5.41) is 17.4. The molecule has 3 heterocycles. The molecule has 5 rings (SSSR count). The van der Waals surface area contributed by atoms with E-state index in [1.54, 1.807) is 23.2 Å². The molecule has 2 aromatic heterocycles. The quantitative estimate of drug-likeness (QED) is 0.305. The van der Waals surface area contributed by atoms with Crippen molar-refractivity contribution in [2.75, 3.05) is 36.5 Å². The van der Waals surface area contributed by atoms with Crippen LogP contribution in [0.1, 0.15) is 11.1 Å². The summed E-state index contributed by atoms with van der Waals surface area (Å²) in [5.41, 5.74) is 4.90. The Morgan fingerprint density at radius 2 is 1.84 bits per heavy atom. The summed E-state index contributed by atoms with van der Waals surface area (Å²) in [6.07, 6.45) is 6.83. The monoisotopic (exact) mass is 490 g/mol. The fourth-order valence-electron chi connectivity index (χ4n) is 4.20. The molecule has 1 fully saturated rings. The highest BCUT2D eigenvalue weighted by Crippen LogP contribution is 2.25. The number of nitrogens with one attached hydrogen (secondary N) is 1. The third-order valence-electron chi connectivity index (χ3n) is 6.08. The summed E-state index contributed by atoms with van der Waals surface area (Å²) < 4.78 is 7.21. The van der Waals surface area contributed by atoms with Gasteiger partial charge in [-0.15, -0.1) is 0 Å². The zero-order valence-electron chi connectivity index (χ0n) is 20.2. The van der Waals surface area contributed by atoms with Crippen molar-refractivity contribution < 1.29 is 9.53 Å². The lowest BCUT2D eigenvalue weighted by Crippen LogP contribution is -2.36. The minimum atomic E-state index is -0.477. The van der Waals surface area contributed by atoms with Gasteiger partial charge < -0.3 is 15.0 Å². The molecule has 0 bridgehead atoms. The lowest BCUT2D eigenvalue weighted by Gasteiger charge is -2.28. The van der Waals surface area contributed by atoms with E-state index in [0.717, 1.165) is 29.9 Å². The molecule has 0 unspecified atom stereocenters. The van der Waals surface area contributed by atoms with Gasteiger partial charge in [-0.2, -0.15) is 10.4 Å². The van der Waals surface area contributed by atoms with Crippen molar-refractivity contribution in [3.63, 3.8) is 0 Å². The number of carbonyl (C=O) groups is 1. The number of nitriles is 1. The number of rotatable bonds is 7. The van der Waals surface area contributed by atoms with Crippen LogP contribution in [0, 0.1) is 11.3 Å². The van der Waals surface area contributed by atoms with Crippen LogP contribution in [0.25, 0.3) is 17.3 Å². The van der Waals surface area contributed by atoms with Gasteiger partial charge in [0.15, 0.2) is 0 Å². The Morgan fingerprint density at radius 3 is 2.54 bits per heavy atom. The van der Waals surface area contributed by atoms with Crippen molar-refractivity contribution in [2.24, 2.45) is 0 Å². The van der Waals surface area contributed by atoms with E-state index in [1.165, 1.54) is 0 Å². The normalized spacial score (nSPS) is 13.7. The highest BCUT2D eigenvalue weighted by Gasteiger charge is 2.16. The molecule has 0 saturated carbocycles. The number of anilines is 2. The average Bonchev–Trinajstić information content (AvgIpc) is 3.35. The Bertz CT molecular complexity index is 1420. The van der Waals surface area contributed by atoms with E-state index in [9.17, 15) is 10.1 Å². The topological polar surface area (TPSA) is 96.1 Å². The number of aromatic nitrogens is 3. The van der Waals surface area contributed by atoms with E-state index in [2.05, 4.69) is 15.2 Å². The predicted molar refractivity (Wildman–Crippen MR) is 143 cm³/mol. The predicted octanol–water partition coefficient (Wildman–Crippen LogP) is 4.38. The summed E-state index contributed by atoms with van der Waals surface area (Å²) in [6.45, 7) is 3.65. The molecular weight excluding hydrogens is 464 g/mol. The van der Waals surface area contributed by atoms with E-state index in [0.29, 0.717) is 36.7 Å². The van der Waals surface area contributed by atoms with Gasteiger partial charge in [0.1, 0.15) is 17.3 Å². The van der Waals surface area contributed by atoms with E-state index in [1.807, 2.05) is 79.0 Å². The van der Waals surface area contributed by atoms with Gasteiger partial charge in [-0.25, -0.2) is 0 Å². The molecule has 1 aliphatic heterocycles. The molecule has 37 heavy (non-hydrogen) atoms. The van der Waals surface area contributed by atoms with Crippen molar-refractivity contribution in [3.8, 4) is 17.3 Å². The first-order valence-electron chi connectivity index (χ1n) is 12.1. The third-order valence-corrected chi connectivity index (χ3v) is 6.08. The summed E-state index contributed by atoms with van der Waals surface area (Å²) in [5.74, 6) is -0.477. The van der Waals surface area contributed by atoms with Gasteiger partial charge in [-0.05, 0) is 48.0 Å². The molecule has 8 heteroatoms. The van der Waals surface area contributed by atoms with Gasteiger partial charge in [-0.3, -0.25) is 14.5 Å². The Hall–Kier alpha value is -4.74. The van der Waals surface area contributed by atoms with Crippen molar-refractivity contribution >= 4 is 23.4 Å². The number of benzene rings is 2. The second kappa shape index (κ2) is 11.3. The van der Waals surface area contributed by atoms with Crippen LogP contribution in [-0.2, 0) is 16.1 Å². The number of morpholine rings is 1. The molecule has 184 valence electrons. The molecule has 1 amide bonds. The molecule has 2 aromatic carbocycles. The molecular formula is C29H26N6O2. The van der Waals surface area contributed by atoms with Crippen LogP contribution in [-0.4, -0.2) is 47.0 Å². The largest absolute Gasteiger partial charge is 0.378 e. The molecule has 1 saturated heterocycles. The minimum Gasteiger partial charge on any atom is -0.378 e. The van der Waals surface area contributed by atoms with Gasteiger partial charge in [0.25, 0.3) is 5.91 Å². The van der Waals surface area contributed by atoms with Crippen LogP contribution < -0.4 is 10.2 Å². The Balaban J connectivity index is 1.38. The standard InChI is InChI=1S/C29H26N6O2/c30-18-24(29(36)32-26-8-10-27(11-9-26)34-13-15-37-16-14-34)17-25-21-35(20-22-5-2-1-3-6-22)33-28(25)23-7-4-12-31-19-23/h1-12,17,19,21H,13-16,20H2,(H,32,36)/b24-17+. The van der Waals surface area contributed by atoms with Gasteiger partial charge in [-0.1, -0.05) is 30.3 Å². The van der Waals surface area contributed by atoms with Gasteiger partial charge in [0, 0.05) is 54.2 Å². The van der Waals surface area contributed by atoms with Crippen molar-refractivity contribution in [1.82, 2.24) is 14.8 Å². The smallest absolute Gasteiger partial charge is 0.266 e. The highest BCUT2D eigenvalue weighted by molar-refractivity contribution is 6.10. The molecule has 0 aliphatic carbocycles. The van der Waals surface area contributed by atoms with Crippen molar-refractivity contribution in [2.45, 2.75) is 6.54 Å². The fraction of sp³-hybridized carbons (Fsp3) is 0.172. The van der Waals surface area contributed by atoms with Crippen molar-refractivity contribution in [3.05, 3.63) is 102 Å². The number of hydrogen-bond acceptors (Lipinski definition) is 6. The fourth-order valence-corrected chi connectivity index (χ4v) is 4.20. The lowest BCUT2D eigenvalue weighted by atomic mass is 10.1. The second-order valence-corrected chi connectivity index (χ2v) is 8.63. The molecule has 0 radical (unpaired) electrons. The van der Waals surface area contributed by atoms with Crippen LogP contribution in [0.5, 0.6) is 0 Å². The second-order valence-electron chi connectivity index (χ2n) is 8.63. The lowest BCUT2D eigenvalue weighted by molar-refractivity contribution is -0.112. The van der Waals surface area contributed by atoms with Gasteiger partial charge in [0.05, 0.1) is 19.8 Å². The maximum Gasteiger partial charge on any atom is 0.266 e. The summed E-state index contributed by atoms with van der Waals surface area (Å²) in [4.78, 5) is 19.5. The third kappa shape index (κ3) is 5.92. The van der Waals surface area contributed by atoms with Crippen LogP contribution in [0.3, 0.4) is 0 Å². The van der Waals surface area contributed by atoms with Crippen LogP contribution in [0.2, 0.25) is 0 Å². The number of hydrogen-bond donors (Lipinski definition) is 1. The number of pyridine rings is 1. The van der Waals surface area contributed by atoms with E-state index in [-0.39, 0.29) is 5.57 Å². The Morgan fingerprint density at radius 1 is 1.05 bits per heavy atom. The van der Waals surface area contributed by atoms with Crippen LogP contribution in [0.4, 0.5) is 11.4 Å². The average molecular weight is 491 g/mol. The van der Waals surface area contributed by atoms with Crippen molar-refractivity contribution in [1.29, 1.82) is 5.26 Å². The number of ether oxygens (including phenoxy) is 1. The molecule has 1 aliphatic rings. The first-order valence-corrected chi connectivity index (χ1v) is 12.1. The number of amides is 1.